The predicted molar refractivity (Wildman–Crippen MR) is 154 cm³/mol. The van der Waals surface area contributed by atoms with Crippen LogP contribution in [0.2, 0.25) is 0 Å². The first kappa shape index (κ1) is 33.0. The van der Waals surface area contributed by atoms with Gasteiger partial charge < -0.3 is 18.4 Å². The maximum absolute atomic E-state index is 14.1. The number of halogens is 8. The van der Waals surface area contributed by atoms with Crippen LogP contribution < -0.4 is 15.4 Å². The van der Waals surface area contributed by atoms with Crippen LogP contribution in [0.4, 0.5) is 41.2 Å². The Balaban J connectivity index is 1.56. The van der Waals surface area contributed by atoms with Crippen LogP contribution in [0.3, 0.4) is 0 Å². The summed E-state index contributed by atoms with van der Waals surface area (Å²) in [4.78, 5) is 20.0. The molecule has 1 heterocycles. The summed E-state index contributed by atoms with van der Waals surface area (Å²) in [6.07, 6.45) is -7.85. The van der Waals surface area contributed by atoms with E-state index in [9.17, 15) is 35.5 Å². The van der Waals surface area contributed by atoms with Gasteiger partial charge in [0, 0.05) is 55.9 Å². The Morgan fingerprint density at radius 3 is 2.35 bits per heavy atom. The molecule has 234 valence electrons. The summed E-state index contributed by atoms with van der Waals surface area (Å²) >= 11 is 1.88. The summed E-state index contributed by atoms with van der Waals surface area (Å²) in [5, 5.41) is 0. The largest absolute Gasteiger partial charge is 0.420 e. The van der Waals surface area contributed by atoms with Gasteiger partial charge >= 0.3 is 18.4 Å². The van der Waals surface area contributed by atoms with E-state index >= 15 is 0 Å². The number of amides is 1. The molecule has 0 atom stereocenters. The molecule has 0 unspecified atom stereocenters. The third-order valence-electron chi connectivity index (χ3n) is 7.53. The molecule has 1 saturated carbocycles. The number of carbonyl (C=O) groups excluding carboxylic acids is 1. The summed E-state index contributed by atoms with van der Waals surface area (Å²) in [6, 6.07) is 4.67. The molecule has 2 aliphatic rings. The summed E-state index contributed by atoms with van der Waals surface area (Å²) in [7, 11) is 1.15. The van der Waals surface area contributed by atoms with Crippen molar-refractivity contribution in [2.45, 2.75) is 25.2 Å². The average Bonchev–Trinajstić information content (AvgIpc) is 2.89. The van der Waals surface area contributed by atoms with E-state index in [1.165, 1.54) is 12.1 Å². The minimum absolute atomic E-state index is 0.0631. The molecule has 1 amide bonds. The number of carbonyl (C=O) groups is 1. The van der Waals surface area contributed by atoms with Gasteiger partial charge in [-0.2, -0.15) is 26.3 Å². The van der Waals surface area contributed by atoms with Crippen molar-refractivity contribution in [3.63, 3.8) is 0 Å². The van der Waals surface area contributed by atoms with E-state index in [0.29, 0.717) is 25.1 Å². The molecule has 2 fully saturated rings. The SMILES string of the molecule is CN(C(=O)Oc1c(/C(C=NCCN2CC3(CC(COI)C3)C2)=C/N)cc(C(F)(F)F)cc1C(F)(F)F)c1ccc(F)cc1. The molecule has 7 nitrogen and oxygen atoms in total. The van der Waals surface area contributed by atoms with Crippen molar-refractivity contribution in [3.05, 3.63) is 65.1 Å². The van der Waals surface area contributed by atoms with Crippen molar-refractivity contribution in [1.82, 2.24) is 4.90 Å². The molecule has 0 aromatic heterocycles. The van der Waals surface area contributed by atoms with Gasteiger partial charge in [0.25, 0.3) is 0 Å². The topological polar surface area (TPSA) is 80.4 Å². The molecule has 2 aromatic carbocycles. The van der Waals surface area contributed by atoms with Crippen molar-refractivity contribution in [2.24, 2.45) is 22.1 Å². The van der Waals surface area contributed by atoms with Gasteiger partial charge in [-0.15, -0.1) is 0 Å². The number of nitrogens with two attached hydrogens (primary N) is 1. The zero-order valence-corrected chi connectivity index (χ0v) is 25.0. The molecule has 4 rings (SSSR count). The van der Waals surface area contributed by atoms with E-state index < -0.39 is 46.7 Å². The third-order valence-corrected chi connectivity index (χ3v) is 7.88. The molecule has 1 aliphatic carbocycles. The maximum atomic E-state index is 14.1. The van der Waals surface area contributed by atoms with E-state index in [2.05, 4.69) is 9.89 Å². The zero-order chi connectivity index (χ0) is 31.6. The van der Waals surface area contributed by atoms with E-state index in [0.717, 1.165) is 62.4 Å². The third kappa shape index (κ3) is 7.78. The highest BCUT2D eigenvalue weighted by atomic mass is 127. The Hall–Kier alpha value is -2.92. The molecule has 43 heavy (non-hydrogen) atoms. The number of benzene rings is 2. The van der Waals surface area contributed by atoms with Crippen molar-refractivity contribution < 1.29 is 43.3 Å². The van der Waals surface area contributed by atoms with E-state index in [-0.39, 0.29) is 29.3 Å². The Bertz CT molecular complexity index is 1370. The second kappa shape index (κ2) is 13.0. The molecule has 0 bridgehead atoms. The van der Waals surface area contributed by atoms with Crippen LogP contribution in [-0.4, -0.2) is 57.0 Å². The lowest BCUT2D eigenvalue weighted by atomic mass is 9.58. The van der Waals surface area contributed by atoms with Gasteiger partial charge in [0.15, 0.2) is 5.75 Å². The number of aliphatic imine (C=N–C) groups is 1. The number of anilines is 1. The van der Waals surface area contributed by atoms with Gasteiger partial charge in [-0.25, -0.2) is 9.18 Å². The van der Waals surface area contributed by atoms with Crippen LogP contribution in [0.15, 0.2) is 47.6 Å². The summed E-state index contributed by atoms with van der Waals surface area (Å²) < 4.78 is 107. The molecule has 1 saturated heterocycles. The number of hydrogen-bond donors (Lipinski definition) is 1. The standard InChI is InChI=1S/C28H28F7IN4O3/c1-39(21-4-2-20(29)3-5-21)25(41)43-24-22(8-19(27(30,31)32)9-23(24)28(33,34)35)18(12-37)13-38-6-7-40-15-26(16-40)10-17(11-26)14-42-36/h2-5,8-9,12-13,17H,6-7,10-11,14-16,37H2,1H3/b18-12+,38-13?. The second-order valence-electron chi connectivity index (χ2n) is 10.7. The highest BCUT2D eigenvalue weighted by Gasteiger charge is 2.51. The number of rotatable bonds is 9. The van der Waals surface area contributed by atoms with Gasteiger partial charge in [-0.05, 0) is 60.6 Å². The van der Waals surface area contributed by atoms with Gasteiger partial charge in [-0.3, -0.25) is 9.89 Å². The number of nitrogens with zero attached hydrogens (tertiary/aromatic N) is 3. The lowest BCUT2D eigenvalue weighted by Gasteiger charge is -2.59. The van der Waals surface area contributed by atoms with Crippen molar-refractivity contribution in [2.75, 3.05) is 44.7 Å². The lowest BCUT2D eigenvalue weighted by Crippen LogP contribution is -2.62. The van der Waals surface area contributed by atoms with E-state index in [1.807, 2.05) is 23.0 Å². The van der Waals surface area contributed by atoms with E-state index in [1.54, 1.807) is 0 Å². The number of alkyl halides is 6. The van der Waals surface area contributed by atoms with Crippen molar-refractivity contribution in [1.29, 1.82) is 0 Å². The smallest absolute Gasteiger partial charge is 0.409 e. The first-order chi connectivity index (χ1) is 20.2. The molecular weight excluding hydrogens is 700 g/mol. The minimum atomic E-state index is -5.34. The van der Waals surface area contributed by atoms with Crippen molar-refractivity contribution >= 4 is 46.6 Å². The van der Waals surface area contributed by atoms with Crippen molar-refractivity contribution in [3.8, 4) is 5.75 Å². The van der Waals surface area contributed by atoms with Crippen LogP contribution in [-0.2, 0) is 15.4 Å². The van der Waals surface area contributed by atoms with Crippen LogP contribution in [0.25, 0.3) is 5.57 Å². The van der Waals surface area contributed by atoms with Crippen LogP contribution in [0.5, 0.6) is 5.75 Å². The maximum Gasteiger partial charge on any atom is 0.420 e. The van der Waals surface area contributed by atoms with Crippen LogP contribution in [0.1, 0.15) is 29.5 Å². The van der Waals surface area contributed by atoms with Gasteiger partial charge in [0.1, 0.15) is 28.8 Å². The van der Waals surface area contributed by atoms with Gasteiger partial charge in [0.2, 0.25) is 0 Å². The number of likely N-dealkylation sites (tertiary alicyclic amines) is 1. The Labute approximate surface area is 257 Å². The van der Waals surface area contributed by atoms with Gasteiger partial charge in [0.05, 0.1) is 24.3 Å². The van der Waals surface area contributed by atoms with E-state index in [4.69, 9.17) is 13.5 Å². The molecule has 1 spiro atoms. The second-order valence-corrected chi connectivity index (χ2v) is 11.3. The molecule has 2 aromatic rings. The quantitative estimate of drug-likeness (QED) is 0.172. The fourth-order valence-electron chi connectivity index (χ4n) is 5.51. The first-order valence-corrected chi connectivity index (χ1v) is 14.0. The first-order valence-electron chi connectivity index (χ1n) is 13.1. The molecule has 1 aliphatic heterocycles. The molecule has 2 N–H and O–H groups in total. The fraction of sp³-hybridized carbons (Fsp3) is 0.429. The Morgan fingerprint density at radius 1 is 1.14 bits per heavy atom. The monoisotopic (exact) mass is 728 g/mol. The highest BCUT2D eigenvalue weighted by Crippen LogP contribution is 2.52. The minimum Gasteiger partial charge on any atom is -0.409 e. The molecular formula is C28H28F7IN4O3. The highest BCUT2D eigenvalue weighted by molar-refractivity contribution is 14.1. The lowest BCUT2D eigenvalue weighted by molar-refractivity contribution is -0.143. The summed E-state index contributed by atoms with van der Waals surface area (Å²) in [5.74, 6) is -1.26. The predicted octanol–water partition coefficient (Wildman–Crippen LogP) is 6.95. The average molecular weight is 728 g/mol. The summed E-state index contributed by atoms with van der Waals surface area (Å²) in [5.41, 5.74) is 1.49. The number of ether oxygens (including phenoxy) is 1. The zero-order valence-electron chi connectivity index (χ0n) is 22.8. The fourth-order valence-corrected chi connectivity index (χ4v) is 6.02. The van der Waals surface area contributed by atoms with Crippen LogP contribution in [0, 0.1) is 17.2 Å². The Morgan fingerprint density at radius 2 is 1.79 bits per heavy atom. The molecule has 15 heteroatoms. The van der Waals surface area contributed by atoms with Crippen LogP contribution >= 0.6 is 23.0 Å². The Kier molecular flexibility index (Phi) is 9.95. The summed E-state index contributed by atoms with van der Waals surface area (Å²) in [6.45, 7) is 3.21. The van der Waals surface area contributed by atoms with Gasteiger partial charge in [-0.1, -0.05) is 0 Å². The number of allylic oxidation sites excluding steroid dienone is 1. The number of hydrogen-bond acceptors (Lipinski definition) is 6. The molecule has 0 radical (unpaired) electrons. The normalized spacial score (nSPS) is 17.7.